The number of ether oxygens (including phenoxy) is 1. The van der Waals surface area contributed by atoms with Crippen LogP contribution in [0.15, 0.2) is 0 Å². The predicted molar refractivity (Wildman–Crippen MR) is 85.1 cm³/mol. The molecule has 4 nitrogen and oxygen atoms in total. The van der Waals surface area contributed by atoms with Gasteiger partial charge in [-0.3, -0.25) is 4.79 Å². The van der Waals surface area contributed by atoms with Gasteiger partial charge in [0.25, 0.3) is 0 Å². The molecule has 112 valence electrons. The number of carbonyl (C=O) groups excluding carboxylic acids is 1. The first-order valence-electron chi connectivity index (χ1n) is 7.28. The van der Waals surface area contributed by atoms with Gasteiger partial charge in [0, 0.05) is 20.0 Å². The Kier molecular flexibility index (Phi) is 4.58. The van der Waals surface area contributed by atoms with Crippen molar-refractivity contribution in [3.8, 4) is 5.75 Å². The van der Waals surface area contributed by atoms with E-state index in [0.717, 1.165) is 24.0 Å². The molecule has 0 bridgehead atoms. The number of rotatable bonds is 5. The molecule has 1 unspecified atom stereocenters. The van der Waals surface area contributed by atoms with Crippen molar-refractivity contribution < 1.29 is 9.53 Å². The summed E-state index contributed by atoms with van der Waals surface area (Å²) in [6.07, 6.45) is 2.44. The molecule has 1 aliphatic rings. The Bertz CT molecular complexity index is 496. The monoisotopic (exact) mass is 296 g/mol. The molecule has 0 radical (unpaired) electrons. The van der Waals surface area contributed by atoms with E-state index in [1.807, 2.05) is 13.8 Å². The third-order valence-corrected chi connectivity index (χ3v) is 5.05. The Hall–Kier alpha value is -1.23. The third-order valence-electron chi connectivity index (χ3n) is 3.71. The van der Waals surface area contributed by atoms with Crippen LogP contribution in [0.2, 0.25) is 0 Å². The molecule has 20 heavy (non-hydrogen) atoms. The molecule has 1 atom stereocenters. The third kappa shape index (κ3) is 2.92. The van der Waals surface area contributed by atoms with Crippen LogP contribution in [0.5, 0.6) is 5.75 Å². The van der Waals surface area contributed by atoms with Crippen LogP contribution in [0.1, 0.15) is 50.2 Å². The largest absolute Gasteiger partial charge is 0.486 e. The number of nitrogen functional groups attached to an aromatic ring is 1. The standard InChI is InChI=1S/C15H24N2O2S/c1-5-11-6-7-17(8-11)15-13(19-9(2)3)12(16)14(20-15)10(4)18/h9,11H,5-8,16H2,1-4H3. The minimum absolute atomic E-state index is 0.0126. The van der Waals surface area contributed by atoms with E-state index in [0.29, 0.717) is 16.3 Å². The van der Waals surface area contributed by atoms with E-state index in [9.17, 15) is 4.79 Å². The Morgan fingerprint density at radius 2 is 2.25 bits per heavy atom. The Morgan fingerprint density at radius 1 is 1.55 bits per heavy atom. The lowest BCUT2D eigenvalue weighted by Crippen LogP contribution is -2.20. The fourth-order valence-corrected chi connectivity index (χ4v) is 3.67. The number of ketones is 1. The number of nitrogens with zero attached hydrogens (tertiary/aromatic N) is 1. The zero-order valence-electron chi connectivity index (χ0n) is 12.7. The molecule has 2 heterocycles. The summed E-state index contributed by atoms with van der Waals surface area (Å²) in [7, 11) is 0. The van der Waals surface area contributed by atoms with Gasteiger partial charge in [0.2, 0.25) is 0 Å². The SMILES string of the molecule is CCC1CCN(c2sc(C(C)=O)c(N)c2OC(C)C)C1. The molecule has 1 fully saturated rings. The normalized spacial score (nSPS) is 18.9. The first kappa shape index (κ1) is 15.2. The van der Waals surface area contributed by atoms with Gasteiger partial charge in [-0.2, -0.15) is 0 Å². The maximum absolute atomic E-state index is 11.7. The second kappa shape index (κ2) is 6.04. The average molecular weight is 296 g/mol. The molecular weight excluding hydrogens is 272 g/mol. The Morgan fingerprint density at radius 3 is 2.75 bits per heavy atom. The lowest BCUT2D eigenvalue weighted by Gasteiger charge is -2.20. The molecule has 1 aromatic heterocycles. The van der Waals surface area contributed by atoms with Crippen LogP contribution < -0.4 is 15.4 Å². The second-order valence-electron chi connectivity index (χ2n) is 5.71. The Balaban J connectivity index is 2.35. The number of thiophene rings is 1. The number of Topliss-reactive ketones (excluding diaryl/α,β-unsaturated/α-hetero) is 1. The zero-order chi connectivity index (χ0) is 14.9. The summed E-state index contributed by atoms with van der Waals surface area (Å²) in [6.45, 7) is 9.79. The summed E-state index contributed by atoms with van der Waals surface area (Å²) in [6, 6.07) is 0. The summed E-state index contributed by atoms with van der Waals surface area (Å²) >= 11 is 1.47. The van der Waals surface area contributed by atoms with Gasteiger partial charge < -0.3 is 15.4 Å². The number of anilines is 2. The molecule has 2 N–H and O–H groups in total. The maximum Gasteiger partial charge on any atom is 0.177 e. The van der Waals surface area contributed by atoms with Crippen molar-refractivity contribution in [3.05, 3.63) is 4.88 Å². The number of hydrogen-bond donors (Lipinski definition) is 1. The summed E-state index contributed by atoms with van der Waals surface area (Å²) in [5.74, 6) is 1.44. The summed E-state index contributed by atoms with van der Waals surface area (Å²) in [5.41, 5.74) is 6.63. The minimum atomic E-state index is 0.0126. The zero-order valence-corrected chi connectivity index (χ0v) is 13.5. The van der Waals surface area contributed by atoms with Gasteiger partial charge in [-0.05, 0) is 26.2 Å². The highest BCUT2D eigenvalue weighted by molar-refractivity contribution is 7.19. The van der Waals surface area contributed by atoms with E-state index >= 15 is 0 Å². The van der Waals surface area contributed by atoms with Crippen LogP contribution in [-0.4, -0.2) is 25.0 Å². The van der Waals surface area contributed by atoms with Gasteiger partial charge in [-0.25, -0.2) is 0 Å². The molecular formula is C15H24N2O2S. The average Bonchev–Trinajstić information content (AvgIpc) is 2.95. The molecule has 0 amide bonds. The predicted octanol–water partition coefficient (Wildman–Crippen LogP) is 3.56. The lowest BCUT2D eigenvalue weighted by molar-refractivity contribution is 0.102. The summed E-state index contributed by atoms with van der Waals surface area (Å²) in [5, 5.41) is 1.03. The van der Waals surface area contributed by atoms with E-state index in [1.165, 1.54) is 24.2 Å². The van der Waals surface area contributed by atoms with E-state index in [4.69, 9.17) is 10.5 Å². The summed E-state index contributed by atoms with van der Waals surface area (Å²) < 4.78 is 5.88. The van der Waals surface area contributed by atoms with Gasteiger partial charge in [0.05, 0.1) is 16.7 Å². The first-order chi connectivity index (χ1) is 9.43. The van der Waals surface area contributed by atoms with Gasteiger partial charge >= 0.3 is 0 Å². The number of carbonyl (C=O) groups is 1. The maximum atomic E-state index is 11.7. The molecule has 2 rings (SSSR count). The van der Waals surface area contributed by atoms with Gasteiger partial charge in [-0.15, -0.1) is 11.3 Å². The van der Waals surface area contributed by atoms with Crippen LogP contribution in [0.4, 0.5) is 10.7 Å². The molecule has 1 aliphatic heterocycles. The quantitative estimate of drug-likeness (QED) is 0.844. The van der Waals surface area contributed by atoms with E-state index in [-0.39, 0.29) is 11.9 Å². The van der Waals surface area contributed by atoms with Crippen LogP contribution in [0.3, 0.4) is 0 Å². The van der Waals surface area contributed by atoms with Gasteiger partial charge in [0.15, 0.2) is 11.5 Å². The highest BCUT2D eigenvalue weighted by Crippen LogP contribution is 2.47. The molecule has 5 heteroatoms. The van der Waals surface area contributed by atoms with Crippen molar-refractivity contribution in [1.29, 1.82) is 0 Å². The van der Waals surface area contributed by atoms with E-state index in [2.05, 4.69) is 11.8 Å². The summed E-state index contributed by atoms with van der Waals surface area (Å²) in [4.78, 5) is 14.6. The van der Waals surface area contributed by atoms with Crippen molar-refractivity contribution in [2.45, 2.75) is 46.6 Å². The van der Waals surface area contributed by atoms with Crippen LogP contribution in [0.25, 0.3) is 0 Å². The van der Waals surface area contributed by atoms with Crippen LogP contribution >= 0.6 is 11.3 Å². The smallest absolute Gasteiger partial charge is 0.177 e. The highest BCUT2D eigenvalue weighted by atomic mass is 32.1. The number of nitrogens with two attached hydrogens (primary N) is 1. The fourth-order valence-electron chi connectivity index (χ4n) is 2.59. The molecule has 0 saturated carbocycles. The molecule has 1 saturated heterocycles. The van der Waals surface area contributed by atoms with E-state index < -0.39 is 0 Å². The van der Waals surface area contributed by atoms with Gasteiger partial charge in [-0.1, -0.05) is 13.3 Å². The minimum Gasteiger partial charge on any atom is -0.486 e. The van der Waals surface area contributed by atoms with Crippen molar-refractivity contribution in [1.82, 2.24) is 0 Å². The van der Waals surface area contributed by atoms with Gasteiger partial charge in [0.1, 0.15) is 5.00 Å². The van der Waals surface area contributed by atoms with E-state index in [1.54, 1.807) is 6.92 Å². The highest BCUT2D eigenvalue weighted by Gasteiger charge is 2.29. The number of hydrogen-bond acceptors (Lipinski definition) is 5. The molecule has 0 aliphatic carbocycles. The molecule has 0 aromatic carbocycles. The van der Waals surface area contributed by atoms with Crippen molar-refractivity contribution in [3.63, 3.8) is 0 Å². The first-order valence-corrected chi connectivity index (χ1v) is 8.10. The molecule has 0 spiro atoms. The fraction of sp³-hybridized carbons (Fsp3) is 0.667. The van der Waals surface area contributed by atoms with Crippen LogP contribution in [0, 0.1) is 5.92 Å². The van der Waals surface area contributed by atoms with Crippen molar-refractivity contribution >= 4 is 27.8 Å². The van der Waals surface area contributed by atoms with Crippen molar-refractivity contribution in [2.75, 3.05) is 23.7 Å². The van der Waals surface area contributed by atoms with Crippen molar-refractivity contribution in [2.24, 2.45) is 5.92 Å². The molecule has 1 aromatic rings. The van der Waals surface area contributed by atoms with Crippen LogP contribution in [-0.2, 0) is 0 Å². The topological polar surface area (TPSA) is 55.6 Å². The second-order valence-corrected chi connectivity index (χ2v) is 6.71. The lowest BCUT2D eigenvalue weighted by atomic mass is 10.1. The Labute approximate surface area is 124 Å².